The molecule has 2 nitrogen and oxygen atoms in total. The molecule has 100 valence electrons. The van der Waals surface area contributed by atoms with Gasteiger partial charge in [0.15, 0.2) is 0 Å². The molecular weight excluding hydrogens is 251 g/mol. The van der Waals surface area contributed by atoms with Crippen molar-refractivity contribution in [1.82, 2.24) is 10.3 Å². The van der Waals surface area contributed by atoms with E-state index in [0.29, 0.717) is 18.7 Å². The monoisotopic (exact) mass is 266 g/mol. The van der Waals surface area contributed by atoms with E-state index in [1.165, 1.54) is 11.6 Å². The zero-order chi connectivity index (χ0) is 13.8. The van der Waals surface area contributed by atoms with Crippen LogP contribution in [-0.4, -0.2) is 4.98 Å². The second kappa shape index (κ2) is 5.80. The summed E-state index contributed by atoms with van der Waals surface area (Å²) in [4.78, 5) is 4.29. The van der Waals surface area contributed by atoms with Crippen molar-refractivity contribution in [1.29, 1.82) is 0 Å². The highest BCUT2D eigenvalue weighted by molar-refractivity contribution is 5.78. The van der Waals surface area contributed by atoms with Crippen LogP contribution in [0.5, 0.6) is 0 Å². The van der Waals surface area contributed by atoms with Crippen LogP contribution >= 0.6 is 0 Å². The number of fused-ring (bicyclic) bond motifs is 1. The molecule has 0 unspecified atom stereocenters. The quantitative estimate of drug-likeness (QED) is 0.779. The van der Waals surface area contributed by atoms with Crippen molar-refractivity contribution >= 4 is 10.9 Å². The molecule has 0 radical (unpaired) electrons. The maximum atomic E-state index is 13.5. The molecule has 3 heteroatoms. The van der Waals surface area contributed by atoms with Crippen molar-refractivity contribution in [2.45, 2.75) is 13.1 Å². The second-order valence-electron chi connectivity index (χ2n) is 4.73. The van der Waals surface area contributed by atoms with Gasteiger partial charge in [0.1, 0.15) is 5.82 Å². The van der Waals surface area contributed by atoms with Crippen LogP contribution in [0.4, 0.5) is 4.39 Å². The summed E-state index contributed by atoms with van der Waals surface area (Å²) in [5, 5.41) is 4.39. The van der Waals surface area contributed by atoms with Gasteiger partial charge in [0.2, 0.25) is 0 Å². The molecule has 0 fully saturated rings. The van der Waals surface area contributed by atoms with Gasteiger partial charge in [0.25, 0.3) is 0 Å². The van der Waals surface area contributed by atoms with E-state index in [2.05, 4.69) is 16.4 Å². The van der Waals surface area contributed by atoms with E-state index < -0.39 is 0 Å². The average Bonchev–Trinajstić information content (AvgIpc) is 2.49. The minimum atomic E-state index is -0.164. The topological polar surface area (TPSA) is 24.9 Å². The average molecular weight is 266 g/mol. The Bertz CT molecular complexity index is 725. The third-order valence-electron chi connectivity index (χ3n) is 3.27. The van der Waals surface area contributed by atoms with Gasteiger partial charge >= 0.3 is 0 Å². The summed E-state index contributed by atoms with van der Waals surface area (Å²) in [6.07, 6.45) is 1.79. The van der Waals surface area contributed by atoms with Gasteiger partial charge in [0, 0.05) is 30.2 Å². The normalized spacial score (nSPS) is 10.8. The molecule has 1 heterocycles. The van der Waals surface area contributed by atoms with Gasteiger partial charge in [-0.25, -0.2) is 4.39 Å². The van der Waals surface area contributed by atoms with Crippen molar-refractivity contribution in [2.24, 2.45) is 0 Å². The molecule has 1 N–H and O–H groups in total. The molecule has 0 aliphatic carbocycles. The minimum absolute atomic E-state index is 0.164. The number of hydrogen-bond donors (Lipinski definition) is 1. The van der Waals surface area contributed by atoms with Crippen LogP contribution in [0, 0.1) is 5.82 Å². The Morgan fingerprint density at radius 1 is 0.950 bits per heavy atom. The standard InChI is InChI=1S/C17H15FN2/c18-16-6-2-1-4-15(16)12-19-11-13-7-8-17-14(10-13)5-3-9-20-17/h1-10,19H,11-12H2. The third kappa shape index (κ3) is 2.83. The lowest BCUT2D eigenvalue weighted by Gasteiger charge is -2.07. The number of aromatic nitrogens is 1. The van der Waals surface area contributed by atoms with Crippen molar-refractivity contribution in [3.8, 4) is 0 Å². The molecule has 0 bridgehead atoms. The molecule has 0 aliphatic rings. The van der Waals surface area contributed by atoms with E-state index in [-0.39, 0.29) is 5.82 Å². The molecule has 3 aromatic rings. The summed E-state index contributed by atoms with van der Waals surface area (Å²) >= 11 is 0. The predicted octanol–water partition coefficient (Wildman–Crippen LogP) is 3.66. The van der Waals surface area contributed by atoms with Gasteiger partial charge in [-0.1, -0.05) is 30.3 Å². The molecule has 20 heavy (non-hydrogen) atoms. The highest BCUT2D eigenvalue weighted by Crippen LogP contribution is 2.13. The van der Waals surface area contributed by atoms with E-state index in [9.17, 15) is 4.39 Å². The summed E-state index contributed by atoms with van der Waals surface area (Å²) in [7, 11) is 0. The fourth-order valence-electron chi connectivity index (χ4n) is 2.22. The molecule has 0 saturated heterocycles. The summed E-state index contributed by atoms with van der Waals surface area (Å²) in [6.45, 7) is 1.23. The summed E-state index contributed by atoms with van der Waals surface area (Å²) in [5.74, 6) is -0.164. The van der Waals surface area contributed by atoms with E-state index in [1.54, 1.807) is 18.3 Å². The van der Waals surface area contributed by atoms with E-state index in [4.69, 9.17) is 0 Å². The van der Waals surface area contributed by atoms with E-state index in [0.717, 1.165) is 10.9 Å². The van der Waals surface area contributed by atoms with Crippen molar-refractivity contribution in [3.63, 3.8) is 0 Å². The van der Waals surface area contributed by atoms with Gasteiger partial charge in [0.05, 0.1) is 5.52 Å². The predicted molar refractivity (Wildman–Crippen MR) is 78.7 cm³/mol. The number of nitrogens with one attached hydrogen (secondary N) is 1. The molecule has 3 rings (SSSR count). The smallest absolute Gasteiger partial charge is 0.127 e. The number of rotatable bonds is 4. The van der Waals surface area contributed by atoms with Gasteiger partial charge in [-0.2, -0.15) is 0 Å². The van der Waals surface area contributed by atoms with Crippen LogP contribution in [0.3, 0.4) is 0 Å². The molecule has 0 spiro atoms. The summed E-state index contributed by atoms with van der Waals surface area (Å²) in [5.41, 5.74) is 2.85. The Balaban J connectivity index is 1.67. The molecule has 0 amide bonds. The Hall–Kier alpha value is -2.26. The number of halogens is 1. The van der Waals surface area contributed by atoms with Gasteiger partial charge in [-0.15, -0.1) is 0 Å². The molecule has 0 saturated carbocycles. The van der Waals surface area contributed by atoms with Crippen molar-refractivity contribution in [3.05, 3.63) is 77.7 Å². The Morgan fingerprint density at radius 3 is 2.75 bits per heavy atom. The Labute approximate surface area is 117 Å². The lowest BCUT2D eigenvalue weighted by atomic mass is 10.1. The zero-order valence-corrected chi connectivity index (χ0v) is 11.0. The van der Waals surface area contributed by atoms with E-state index >= 15 is 0 Å². The molecule has 0 aliphatic heterocycles. The van der Waals surface area contributed by atoms with Crippen LogP contribution in [-0.2, 0) is 13.1 Å². The van der Waals surface area contributed by atoms with Gasteiger partial charge < -0.3 is 5.32 Å². The largest absolute Gasteiger partial charge is 0.309 e. The van der Waals surface area contributed by atoms with Gasteiger partial charge in [-0.05, 0) is 29.8 Å². The SMILES string of the molecule is Fc1ccccc1CNCc1ccc2ncccc2c1. The van der Waals surface area contributed by atoms with Crippen molar-refractivity contribution in [2.75, 3.05) is 0 Å². The number of hydrogen-bond acceptors (Lipinski definition) is 2. The zero-order valence-electron chi connectivity index (χ0n) is 11.0. The van der Waals surface area contributed by atoms with Crippen LogP contribution in [0.25, 0.3) is 10.9 Å². The van der Waals surface area contributed by atoms with Crippen LogP contribution in [0.1, 0.15) is 11.1 Å². The Kier molecular flexibility index (Phi) is 3.70. The molecule has 0 atom stereocenters. The lowest BCUT2D eigenvalue weighted by Crippen LogP contribution is -2.13. The molecule has 1 aromatic heterocycles. The summed E-state index contributed by atoms with van der Waals surface area (Å²) in [6, 6.07) is 17.0. The highest BCUT2D eigenvalue weighted by atomic mass is 19.1. The first-order valence-corrected chi connectivity index (χ1v) is 6.61. The number of benzene rings is 2. The van der Waals surface area contributed by atoms with Crippen LogP contribution in [0.15, 0.2) is 60.8 Å². The first kappa shape index (κ1) is 12.8. The summed E-state index contributed by atoms with van der Waals surface area (Å²) < 4.78 is 13.5. The second-order valence-corrected chi connectivity index (χ2v) is 4.73. The van der Waals surface area contributed by atoms with Crippen LogP contribution < -0.4 is 5.32 Å². The molecular formula is C17H15FN2. The lowest BCUT2D eigenvalue weighted by molar-refractivity contribution is 0.588. The first-order valence-electron chi connectivity index (χ1n) is 6.61. The van der Waals surface area contributed by atoms with E-state index in [1.807, 2.05) is 30.3 Å². The molecule has 2 aromatic carbocycles. The number of pyridine rings is 1. The fraction of sp³-hybridized carbons (Fsp3) is 0.118. The maximum absolute atomic E-state index is 13.5. The van der Waals surface area contributed by atoms with Crippen molar-refractivity contribution < 1.29 is 4.39 Å². The number of nitrogens with zero attached hydrogens (tertiary/aromatic N) is 1. The van der Waals surface area contributed by atoms with Crippen LogP contribution in [0.2, 0.25) is 0 Å². The minimum Gasteiger partial charge on any atom is -0.309 e. The fourth-order valence-corrected chi connectivity index (χ4v) is 2.22. The Morgan fingerprint density at radius 2 is 1.85 bits per heavy atom. The highest BCUT2D eigenvalue weighted by Gasteiger charge is 2.01. The third-order valence-corrected chi connectivity index (χ3v) is 3.27. The first-order chi connectivity index (χ1) is 9.83. The maximum Gasteiger partial charge on any atom is 0.127 e. The van der Waals surface area contributed by atoms with Gasteiger partial charge in [-0.3, -0.25) is 4.98 Å².